The molecule has 1 saturated heterocycles. The molecule has 1 N–H and O–H groups in total. The van der Waals surface area contributed by atoms with Gasteiger partial charge in [0, 0.05) is 12.6 Å². The maximum atomic E-state index is 13.2. The number of benzene rings is 2. The van der Waals surface area contributed by atoms with Crippen LogP contribution in [0, 0.1) is 12.8 Å². The fourth-order valence-electron chi connectivity index (χ4n) is 4.90. The summed E-state index contributed by atoms with van der Waals surface area (Å²) in [6.07, 6.45) is 3.22. The van der Waals surface area contributed by atoms with E-state index >= 15 is 0 Å². The standard InChI is InChI=1S/C28H38N4O2S/c1-20(2)18-26-27(21(3)31(6)29-26)30-35(33,34)25-14-12-22(13-15-25)23-10-9-11-24(19-23)28(4,5)32-16-7-8-17-32/h9-15,19-20,30H,7-8,16-18H2,1-6H3. The van der Waals surface area contributed by atoms with Crippen LogP contribution in [0.3, 0.4) is 0 Å². The Kier molecular flexibility index (Phi) is 7.11. The number of hydrogen-bond donors (Lipinski definition) is 1. The lowest BCUT2D eigenvalue weighted by Gasteiger charge is -2.36. The summed E-state index contributed by atoms with van der Waals surface area (Å²) in [5.74, 6) is 0.373. The van der Waals surface area contributed by atoms with Gasteiger partial charge in [-0.1, -0.05) is 44.2 Å². The van der Waals surface area contributed by atoms with Crippen LogP contribution in [0.1, 0.15) is 57.5 Å². The number of nitrogens with zero attached hydrogens (tertiary/aromatic N) is 3. The van der Waals surface area contributed by atoms with Gasteiger partial charge in [0.2, 0.25) is 0 Å². The molecule has 0 bridgehead atoms. The fraction of sp³-hybridized carbons (Fsp3) is 0.464. The van der Waals surface area contributed by atoms with Crippen molar-refractivity contribution < 1.29 is 8.42 Å². The topological polar surface area (TPSA) is 67.2 Å². The highest BCUT2D eigenvalue weighted by atomic mass is 32.2. The number of likely N-dealkylation sites (tertiary alicyclic amines) is 1. The normalized spacial score (nSPS) is 15.2. The molecule has 0 amide bonds. The Morgan fingerprint density at radius 1 is 1.03 bits per heavy atom. The van der Waals surface area contributed by atoms with E-state index in [4.69, 9.17) is 0 Å². The molecule has 1 fully saturated rings. The van der Waals surface area contributed by atoms with Crippen molar-refractivity contribution >= 4 is 15.7 Å². The van der Waals surface area contributed by atoms with Crippen LogP contribution in [0.5, 0.6) is 0 Å². The first-order chi connectivity index (χ1) is 16.5. The minimum atomic E-state index is -3.73. The van der Waals surface area contributed by atoms with Crippen LogP contribution in [0.2, 0.25) is 0 Å². The lowest BCUT2D eigenvalue weighted by atomic mass is 9.90. The zero-order valence-corrected chi connectivity index (χ0v) is 22.6. The summed E-state index contributed by atoms with van der Waals surface area (Å²) >= 11 is 0. The van der Waals surface area contributed by atoms with Gasteiger partial charge in [0.1, 0.15) is 0 Å². The number of anilines is 1. The van der Waals surface area contributed by atoms with Gasteiger partial charge < -0.3 is 0 Å². The van der Waals surface area contributed by atoms with Crippen LogP contribution >= 0.6 is 0 Å². The highest BCUT2D eigenvalue weighted by molar-refractivity contribution is 7.92. The van der Waals surface area contributed by atoms with E-state index in [0.717, 1.165) is 35.6 Å². The van der Waals surface area contributed by atoms with E-state index in [1.54, 1.807) is 16.8 Å². The Labute approximate surface area is 210 Å². The third-order valence-corrected chi connectivity index (χ3v) is 8.57. The highest BCUT2D eigenvalue weighted by Crippen LogP contribution is 2.34. The summed E-state index contributed by atoms with van der Waals surface area (Å²) in [7, 11) is -1.89. The second-order valence-corrected chi connectivity index (χ2v) is 12.3. The molecule has 6 nitrogen and oxygen atoms in total. The second kappa shape index (κ2) is 9.78. The Hall–Kier alpha value is -2.64. The predicted octanol–water partition coefficient (Wildman–Crippen LogP) is 5.73. The van der Waals surface area contributed by atoms with E-state index in [-0.39, 0.29) is 10.4 Å². The highest BCUT2D eigenvalue weighted by Gasteiger charge is 2.30. The van der Waals surface area contributed by atoms with Gasteiger partial charge in [0.25, 0.3) is 10.0 Å². The molecule has 1 aromatic heterocycles. The molecule has 0 atom stereocenters. The van der Waals surface area contributed by atoms with Gasteiger partial charge in [-0.15, -0.1) is 0 Å². The molecule has 0 aliphatic carbocycles. The first-order valence-electron chi connectivity index (χ1n) is 12.5. The summed E-state index contributed by atoms with van der Waals surface area (Å²) in [4.78, 5) is 2.79. The minimum absolute atomic E-state index is 0.0328. The van der Waals surface area contributed by atoms with E-state index in [9.17, 15) is 8.42 Å². The number of sulfonamides is 1. The molecule has 2 aromatic carbocycles. The molecule has 7 heteroatoms. The van der Waals surface area contributed by atoms with Gasteiger partial charge in [0.05, 0.1) is 22.0 Å². The first kappa shape index (κ1) is 25.5. The van der Waals surface area contributed by atoms with Crippen LogP contribution in [-0.2, 0) is 29.0 Å². The molecule has 0 radical (unpaired) electrons. The van der Waals surface area contributed by atoms with E-state index in [0.29, 0.717) is 18.0 Å². The zero-order valence-electron chi connectivity index (χ0n) is 21.8. The van der Waals surface area contributed by atoms with Crippen molar-refractivity contribution in [2.45, 2.75) is 64.3 Å². The quantitative estimate of drug-likeness (QED) is 0.435. The Morgan fingerprint density at radius 3 is 2.31 bits per heavy atom. The van der Waals surface area contributed by atoms with Crippen molar-refractivity contribution in [3.63, 3.8) is 0 Å². The van der Waals surface area contributed by atoms with Gasteiger partial charge in [0.15, 0.2) is 0 Å². The van der Waals surface area contributed by atoms with Gasteiger partial charge in [-0.2, -0.15) is 5.10 Å². The molecule has 188 valence electrons. The average molecular weight is 495 g/mol. The zero-order chi connectivity index (χ0) is 25.4. The number of nitrogens with one attached hydrogen (secondary N) is 1. The van der Waals surface area contributed by atoms with Crippen LogP contribution in [-0.4, -0.2) is 36.2 Å². The fourth-order valence-corrected chi connectivity index (χ4v) is 6.04. The number of hydrogen-bond acceptors (Lipinski definition) is 4. The summed E-state index contributed by atoms with van der Waals surface area (Å²) in [6.45, 7) is 12.9. The molecule has 3 aromatic rings. The molecule has 4 rings (SSSR count). The summed E-state index contributed by atoms with van der Waals surface area (Å²) < 4.78 is 31.0. The summed E-state index contributed by atoms with van der Waals surface area (Å²) in [6, 6.07) is 15.8. The Bertz CT molecular complexity index is 1280. The van der Waals surface area contributed by atoms with Crippen molar-refractivity contribution in [1.82, 2.24) is 14.7 Å². The van der Waals surface area contributed by atoms with Gasteiger partial charge in [-0.3, -0.25) is 14.3 Å². The van der Waals surface area contributed by atoms with Crippen molar-refractivity contribution in [2.24, 2.45) is 13.0 Å². The molecular formula is C28H38N4O2S. The molecule has 1 aliphatic heterocycles. The predicted molar refractivity (Wildman–Crippen MR) is 143 cm³/mol. The molecule has 0 spiro atoms. The van der Waals surface area contributed by atoms with Gasteiger partial charge >= 0.3 is 0 Å². The van der Waals surface area contributed by atoms with Crippen molar-refractivity contribution in [1.29, 1.82) is 0 Å². The number of rotatable bonds is 8. The SMILES string of the molecule is Cc1c(NS(=O)(=O)c2ccc(-c3cccc(C(C)(C)N4CCCC4)c3)cc2)c(CC(C)C)nn1C. The third-order valence-electron chi connectivity index (χ3n) is 7.21. The third kappa shape index (κ3) is 5.31. The van der Waals surface area contributed by atoms with Crippen LogP contribution < -0.4 is 4.72 Å². The summed E-state index contributed by atoms with van der Waals surface area (Å²) in [5.41, 5.74) is 5.50. The van der Waals surface area contributed by atoms with Crippen molar-refractivity contribution in [3.8, 4) is 11.1 Å². The van der Waals surface area contributed by atoms with Gasteiger partial charge in [-0.05, 0) is 93.9 Å². The van der Waals surface area contributed by atoms with E-state index in [2.05, 4.69) is 66.7 Å². The maximum absolute atomic E-state index is 13.2. The Balaban J connectivity index is 1.58. The number of aryl methyl sites for hydroxylation is 1. The lowest BCUT2D eigenvalue weighted by Crippen LogP contribution is -2.39. The van der Waals surface area contributed by atoms with E-state index in [1.807, 2.05) is 26.1 Å². The Morgan fingerprint density at radius 2 is 1.69 bits per heavy atom. The van der Waals surface area contributed by atoms with Crippen molar-refractivity contribution in [2.75, 3.05) is 17.8 Å². The average Bonchev–Trinajstić information content (AvgIpc) is 3.45. The molecule has 1 aliphatic rings. The van der Waals surface area contributed by atoms with Crippen LogP contribution in [0.25, 0.3) is 11.1 Å². The molecule has 2 heterocycles. The second-order valence-electron chi connectivity index (χ2n) is 10.6. The first-order valence-corrected chi connectivity index (χ1v) is 14.0. The van der Waals surface area contributed by atoms with E-state index < -0.39 is 10.0 Å². The summed E-state index contributed by atoms with van der Waals surface area (Å²) in [5, 5.41) is 4.52. The number of aromatic nitrogens is 2. The van der Waals surface area contributed by atoms with Crippen molar-refractivity contribution in [3.05, 3.63) is 65.5 Å². The smallest absolute Gasteiger partial charge is 0.262 e. The molecule has 0 unspecified atom stereocenters. The van der Waals surface area contributed by atoms with E-state index in [1.165, 1.54) is 18.4 Å². The lowest BCUT2D eigenvalue weighted by molar-refractivity contribution is 0.155. The molecule has 35 heavy (non-hydrogen) atoms. The van der Waals surface area contributed by atoms with Gasteiger partial charge in [-0.25, -0.2) is 8.42 Å². The van der Waals surface area contributed by atoms with Crippen LogP contribution in [0.4, 0.5) is 5.69 Å². The minimum Gasteiger partial charge on any atom is -0.294 e. The molecule has 0 saturated carbocycles. The molecular weight excluding hydrogens is 456 g/mol. The largest absolute Gasteiger partial charge is 0.294 e. The van der Waals surface area contributed by atoms with Crippen LogP contribution in [0.15, 0.2) is 53.4 Å². The monoisotopic (exact) mass is 494 g/mol. The maximum Gasteiger partial charge on any atom is 0.262 e.